The number of imide groups is 1. The maximum absolute atomic E-state index is 12.4. The van der Waals surface area contributed by atoms with Gasteiger partial charge in [-0.3, -0.25) is 19.3 Å². The van der Waals surface area contributed by atoms with Crippen LogP contribution in [0, 0.1) is 5.92 Å². The van der Waals surface area contributed by atoms with E-state index in [0.29, 0.717) is 5.56 Å². The van der Waals surface area contributed by atoms with Gasteiger partial charge in [0, 0.05) is 19.0 Å². The number of carbonyl (C=O) groups excluding carboxylic acids is 3. The van der Waals surface area contributed by atoms with E-state index >= 15 is 0 Å². The van der Waals surface area contributed by atoms with E-state index < -0.39 is 17.8 Å². The van der Waals surface area contributed by atoms with Crippen LogP contribution in [-0.4, -0.2) is 41.7 Å². The van der Waals surface area contributed by atoms with E-state index in [1.54, 1.807) is 0 Å². The lowest BCUT2D eigenvalue weighted by Gasteiger charge is -2.24. The SMILES string of the molecule is O=C(NCCN1C(=O)S/C(=C/c2ccc(OC(F)F)cc2)C1=O)C1CCC1. The number of nitrogens with one attached hydrogen (secondary N) is 1. The molecule has 3 rings (SSSR count). The molecule has 3 amide bonds. The fourth-order valence-electron chi connectivity index (χ4n) is 2.70. The van der Waals surface area contributed by atoms with Gasteiger partial charge >= 0.3 is 6.61 Å². The lowest BCUT2D eigenvalue weighted by molar-refractivity contribution is -0.128. The van der Waals surface area contributed by atoms with Gasteiger partial charge in [-0.1, -0.05) is 18.6 Å². The number of hydrogen-bond acceptors (Lipinski definition) is 5. The van der Waals surface area contributed by atoms with Crippen LogP contribution in [0.15, 0.2) is 29.2 Å². The van der Waals surface area contributed by atoms with Crippen LogP contribution in [0.5, 0.6) is 5.75 Å². The fourth-order valence-corrected chi connectivity index (χ4v) is 3.56. The van der Waals surface area contributed by atoms with Gasteiger partial charge in [0.15, 0.2) is 0 Å². The van der Waals surface area contributed by atoms with E-state index in [4.69, 9.17) is 0 Å². The molecule has 1 saturated heterocycles. The average Bonchev–Trinajstić information content (AvgIpc) is 2.82. The summed E-state index contributed by atoms with van der Waals surface area (Å²) in [6.07, 6.45) is 4.35. The molecule has 1 N–H and O–H groups in total. The molecule has 27 heavy (non-hydrogen) atoms. The number of thioether (sulfide) groups is 1. The molecule has 0 unspecified atom stereocenters. The third kappa shape index (κ3) is 4.85. The largest absolute Gasteiger partial charge is 0.435 e. The molecule has 6 nitrogen and oxygen atoms in total. The highest BCUT2D eigenvalue weighted by Gasteiger charge is 2.35. The highest BCUT2D eigenvalue weighted by molar-refractivity contribution is 8.18. The van der Waals surface area contributed by atoms with Crippen molar-refractivity contribution < 1.29 is 27.9 Å². The quantitative estimate of drug-likeness (QED) is 0.716. The van der Waals surface area contributed by atoms with Gasteiger partial charge in [0.1, 0.15) is 5.75 Å². The smallest absolute Gasteiger partial charge is 0.387 e. The molecule has 0 radical (unpaired) electrons. The number of amides is 3. The first-order valence-electron chi connectivity index (χ1n) is 8.52. The number of ether oxygens (including phenoxy) is 1. The van der Waals surface area contributed by atoms with Gasteiger partial charge in [-0.25, -0.2) is 0 Å². The van der Waals surface area contributed by atoms with Gasteiger partial charge in [0.25, 0.3) is 11.1 Å². The molecular weight excluding hydrogens is 378 g/mol. The lowest BCUT2D eigenvalue weighted by atomic mass is 9.85. The van der Waals surface area contributed by atoms with Crippen molar-refractivity contribution in [3.8, 4) is 5.75 Å². The summed E-state index contributed by atoms with van der Waals surface area (Å²) in [6.45, 7) is -2.57. The maximum Gasteiger partial charge on any atom is 0.387 e. The standard InChI is InChI=1S/C18H18F2N2O4S/c19-17(20)26-13-6-4-11(5-7-13)10-14-16(24)22(18(25)27-14)9-8-21-15(23)12-2-1-3-12/h4-7,10,12,17H,1-3,8-9H2,(H,21,23)/b14-10+. The van der Waals surface area contributed by atoms with Crippen LogP contribution < -0.4 is 10.1 Å². The Morgan fingerprint density at radius 2 is 2.00 bits per heavy atom. The Labute approximate surface area is 158 Å². The molecule has 144 valence electrons. The van der Waals surface area contributed by atoms with E-state index in [0.717, 1.165) is 35.9 Å². The second-order valence-corrected chi connectivity index (χ2v) is 7.19. The Morgan fingerprint density at radius 1 is 1.30 bits per heavy atom. The van der Waals surface area contributed by atoms with Crippen LogP contribution in [0.1, 0.15) is 24.8 Å². The molecule has 0 bridgehead atoms. The van der Waals surface area contributed by atoms with Gasteiger partial charge in [-0.15, -0.1) is 0 Å². The zero-order chi connectivity index (χ0) is 19.4. The first-order valence-corrected chi connectivity index (χ1v) is 9.33. The second-order valence-electron chi connectivity index (χ2n) is 6.20. The maximum atomic E-state index is 12.4. The van der Waals surface area contributed by atoms with Gasteiger partial charge in [0.2, 0.25) is 5.91 Å². The normalized spacial score (nSPS) is 18.9. The van der Waals surface area contributed by atoms with Crippen molar-refractivity contribution in [2.24, 2.45) is 5.92 Å². The van der Waals surface area contributed by atoms with Crippen molar-refractivity contribution >= 4 is 34.9 Å². The van der Waals surface area contributed by atoms with Crippen molar-refractivity contribution in [1.82, 2.24) is 10.2 Å². The van der Waals surface area contributed by atoms with Crippen LogP contribution in [0.2, 0.25) is 0 Å². The summed E-state index contributed by atoms with van der Waals surface area (Å²) < 4.78 is 28.6. The highest BCUT2D eigenvalue weighted by atomic mass is 32.2. The minimum absolute atomic E-state index is 0.0115. The Kier molecular flexibility index (Phi) is 6.10. The van der Waals surface area contributed by atoms with E-state index in [9.17, 15) is 23.2 Å². The number of hydrogen-bond donors (Lipinski definition) is 1. The summed E-state index contributed by atoms with van der Waals surface area (Å²) >= 11 is 0.807. The second kappa shape index (κ2) is 8.51. The van der Waals surface area contributed by atoms with Crippen molar-refractivity contribution in [2.75, 3.05) is 13.1 Å². The third-order valence-electron chi connectivity index (χ3n) is 4.39. The average molecular weight is 396 g/mol. The Bertz CT molecular complexity index is 763. The number of rotatable bonds is 7. The molecule has 0 aromatic heterocycles. The zero-order valence-electron chi connectivity index (χ0n) is 14.3. The summed E-state index contributed by atoms with van der Waals surface area (Å²) in [6, 6.07) is 5.76. The minimum atomic E-state index is -2.91. The Morgan fingerprint density at radius 3 is 2.59 bits per heavy atom. The molecule has 1 heterocycles. The van der Waals surface area contributed by atoms with Crippen molar-refractivity contribution in [3.05, 3.63) is 34.7 Å². The van der Waals surface area contributed by atoms with E-state index in [1.807, 2.05) is 0 Å². The predicted octanol–water partition coefficient (Wildman–Crippen LogP) is 3.24. The van der Waals surface area contributed by atoms with E-state index in [-0.39, 0.29) is 35.6 Å². The molecule has 1 aromatic rings. The molecule has 0 atom stereocenters. The van der Waals surface area contributed by atoms with Crippen LogP contribution in [-0.2, 0) is 9.59 Å². The molecule has 1 aliphatic heterocycles. The number of carbonyl (C=O) groups is 3. The van der Waals surface area contributed by atoms with Crippen molar-refractivity contribution in [2.45, 2.75) is 25.9 Å². The molecule has 0 spiro atoms. The summed E-state index contributed by atoms with van der Waals surface area (Å²) in [5, 5.41) is 2.35. The van der Waals surface area contributed by atoms with Crippen LogP contribution in [0.25, 0.3) is 6.08 Å². The van der Waals surface area contributed by atoms with Crippen LogP contribution in [0.4, 0.5) is 13.6 Å². The summed E-state index contributed by atoms with van der Waals surface area (Å²) in [7, 11) is 0. The summed E-state index contributed by atoms with van der Waals surface area (Å²) in [4.78, 5) is 37.6. The molecule has 2 fully saturated rings. The summed E-state index contributed by atoms with van der Waals surface area (Å²) in [5.41, 5.74) is 0.584. The van der Waals surface area contributed by atoms with Crippen molar-refractivity contribution in [1.29, 1.82) is 0 Å². The molecule has 1 aliphatic carbocycles. The number of nitrogens with zero attached hydrogens (tertiary/aromatic N) is 1. The molecule has 1 aromatic carbocycles. The van der Waals surface area contributed by atoms with Crippen LogP contribution in [0.3, 0.4) is 0 Å². The predicted molar refractivity (Wildman–Crippen MR) is 96.1 cm³/mol. The van der Waals surface area contributed by atoms with Crippen LogP contribution >= 0.6 is 11.8 Å². The van der Waals surface area contributed by atoms with Gasteiger partial charge < -0.3 is 10.1 Å². The first-order chi connectivity index (χ1) is 12.9. The topological polar surface area (TPSA) is 75.7 Å². The molecule has 1 saturated carbocycles. The number of halogens is 2. The van der Waals surface area contributed by atoms with Crippen molar-refractivity contribution in [3.63, 3.8) is 0 Å². The minimum Gasteiger partial charge on any atom is -0.435 e. The first kappa shape index (κ1) is 19.3. The molecule has 2 aliphatic rings. The number of benzene rings is 1. The highest BCUT2D eigenvalue weighted by Crippen LogP contribution is 2.32. The Hall–Kier alpha value is -2.42. The van der Waals surface area contributed by atoms with E-state index in [1.165, 1.54) is 30.3 Å². The number of alkyl halides is 2. The van der Waals surface area contributed by atoms with E-state index in [2.05, 4.69) is 10.1 Å². The van der Waals surface area contributed by atoms with Gasteiger partial charge in [-0.2, -0.15) is 8.78 Å². The third-order valence-corrected chi connectivity index (χ3v) is 5.29. The van der Waals surface area contributed by atoms with Gasteiger partial charge in [-0.05, 0) is 48.4 Å². The monoisotopic (exact) mass is 396 g/mol. The summed E-state index contributed by atoms with van der Waals surface area (Å²) in [5.74, 6) is -0.403. The van der Waals surface area contributed by atoms with Gasteiger partial charge in [0.05, 0.1) is 4.91 Å². The lowest BCUT2D eigenvalue weighted by Crippen LogP contribution is -2.40. The Balaban J connectivity index is 1.56. The molecular formula is C18H18F2N2O4S. The fraction of sp³-hybridized carbons (Fsp3) is 0.389. The molecule has 9 heteroatoms. The zero-order valence-corrected chi connectivity index (χ0v) is 15.1.